The smallest absolute Gasteiger partial charge is 0.363 e. The maximum Gasteiger partial charge on any atom is 0.363 e. The van der Waals surface area contributed by atoms with Crippen LogP contribution in [0.3, 0.4) is 0 Å². The highest BCUT2D eigenvalue weighted by Crippen LogP contribution is 2.22. The molecule has 26 heavy (non-hydrogen) atoms. The molecule has 0 fully saturated rings. The minimum absolute atomic E-state index is 0.258. The van der Waals surface area contributed by atoms with Crippen molar-refractivity contribution in [3.63, 3.8) is 0 Å². The van der Waals surface area contributed by atoms with Crippen LogP contribution in [0.25, 0.3) is 6.08 Å². The van der Waals surface area contributed by atoms with E-state index in [0.717, 1.165) is 17.7 Å². The van der Waals surface area contributed by atoms with Gasteiger partial charge in [0.1, 0.15) is 5.75 Å². The molecule has 0 spiro atoms. The number of nitrogens with zero attached hydrogens (tertiary/aromatic N) is 1. The Morgan fingerprint density at radius 1 is 1.19 bits per heavy atom. The van der Waals surface area contributed by atoms with Crippen LogP contribution in [0.5, 0.6) is 5.75 Å². The lowest BCUT2D eigenvalue weighted by molar-refractivity contribution is -0.129. The lowest BCUT2D eigenvalue weighted by Crippen LogP contribution is -2.05. The lowest BCUT2D eigenvalue weighted by atomic mass is 10.1. The number of ether oxygens (including phenoxy) is 2. The molecule has 0 aliphatic carbocycles. The van der Waals surface area contributed by atoms with Gasteiger partial charge in [-0.3, -0.25) is 0 Å². The van der Waals surface area contributed by atoms with Gasteiger partial charge in [-0.15, -0.1) is 0 Å². The van der Waals surface area contributed by atoms with Crippen LogP contribution in [0.2, 0.25) is 5.02 Å². The Kier molecular flexibility index (Phi) is 5.74. The maximum atomic E-state index is 12.1. The fourth-order valence-electron chi connectivity index (χ4n) is 2.38. The Balaban J connectivity index is 1.72. The fraction of sp³-hybridized carbons (Fsp3) is 0.238. The highest BCUT2D eigenvalue weighted by Gasteiger charge is 2.24. The van der Waals surface area contributed by atoms with Crippen LogP contribution >= 0.6 is 11.6 Å². The first-order valence-corrected chi connectivity index (χ1v) is 8.90. The number of carbonyl (C=O) groups is 1. The van der Waals surface area contributed by atoms with Crippen molar-refractivity contribution in [1.29, 1.82) is 0 Å². The third-order valence-electron chi connectivity index (χ3n) is 3.84. The number of carbonyl (C=O) groups excluding carboxylic acids is 1. The Bertz CT molecular complexity index is 854. The van der Waals surface area contributed by atoms with Gasteiger partial charge in [0.25, 0.3) is 0 Å². The van der Waals surface area contributed by atoms with E-state index >= 15 is 0 Å². The average Bonchev–Trinajstić information content (AvgIpc) is 2.97. The molecule has 0 saturated heterocycles. The van der Waals surface area contributed by atoms with E-state index in [1.807, 2.05) is 24.3 Å². The summed E-state index contributed by atoms with van der Waals surface area (Å²) in [4.78, 5) is 16.3. The quantitative estimate of drug-likeness (QED) is 0.525. The molecule has 3 rings (SSSR count). The SMILES string of the molecule is CC(C)CCOc1ccc(/C=C2/N=C(c3cccc(Cl)c3)OC2=O)cc1. The van der Waals surface area contributed by atoms with Crippen LogP contribution in [0.15, 0.2) is 59.2 Å². The molecule has 0 aromatic heterocycles. The number of benzene rings is 2. The van der Waals surface area contributed by atoms with Crippen molar-refractivity contribution in [2.24, 2.45) is 10.9 Å². The van der Waals surface area contributed by atoms with Gasteiger partial charge in [0.05, 0.1) is 6.61 Å². The summed E-state index contributed by atoms with van der Waals surface area (Å²) in [6.45, 7) is 5.02. The first-order valence-electron chi connectivity index (χ1n) is 8.52. The summed E-state index contributed by atoms with van der Waals surface area (Å²) in [5, 5.41) is 0.562. The molecule has 0 amide bonds. The van der Waals surface area contributed by atoms with Crippen molar-refractivity contribution in [1.82, 2.24) is 0 Å². The Morgan fingerprint density at radius 2 is 1.96 bits per heavy atom. The summed E-state index contributed by atoms with van der Waals surface area (Å²) >= 11 is 5.97. The second kappa shape index (κ2) is 8.19. The van der Waals surface area contributed by atoms with Gasteiger partial charge in [-0.2, -0.15) is 0 Å². The molecule has 1 heterocycles. The molecular weight excluding hydrogens is 350 g/mol. The Labute approximate surface area is 158 Å². The molecule has 2 aromatic rings. The fourth-order valence-corrected chi connectivity index (χ4v) is 2.58. The first-order chi connectivity index (χ1) is 12.5. The molecule has 0 bridgehead atoms. The maximum absolute atomic E-state index is 12.1. The number of hydrogen-bond donors (Lipinski definition) is 0. The molecule has 0 saturated carbocycles. The molecule has 1 aliphatic heterocycles. The third kappa shape index (κ3) is 4.73. The summed E-state index contributed by atoms with van der Waals surface area (Å²) in [5.41, 5.74) is 1.78. The number of cyclic esters (lactones) is 1. The zero-order valence-electron chi connectivity index (χ0n) is 14.7. The van der Waals surface area contributed by atoms with Gasteiger partial charge in [0.15, 0.2) is 5.70 Å². The number of esters is 1. The van der Waals surface area contributed by atoms with Gasteiger partial charge >= 0.3 is 5.97 Å². The molecule has 2 aromatic carbocycles. The zero-order valence-corrected chi connectivity index (χ0v) is 15.5. The van der Waals surface area contributed by atoms with E-state index in [9.17, 15) is 4.79 Å². The van der Waals surface area contributed by atoms with Crippen LogP contribution in [-0.2, 0) is 9.53 Å². The van der Waals surface area contributed by atoms with Gasteiger partial charge in [-0.05, 0) is 54.3 Å². The van der Waals surface area contributed by atoms with Crippen LogP contribution in [-0.4, -0.2) is 18.5 Å². The van der Waals surface area contributed by atoms with E-state index in [1.54, 1.807) is 30.3 Å². The standard InChI is InChI=1S/C21H20ClNO3/c1-14(2)10-11-25-18-8-6-15(7-9-18)12-19-21(24)26-20(23-19)16-4-3-5-17(22)13-16/h3-9,12-14H,10-11H2,1-2H3/b19-12+. The Morgan fingerprint density at radius 3 is 2.65 bits per heavy atom. The summed E-state index contributed by atoms with van der Waals surface area (Å²) in [5.74, 6) is 1.21. The summed E-state index contributed by atoms with van der Waals surface area (Å²) in [6.07, 6.45) is 2.70. The van der Waals surface area contributed by atoms with Crippen molar-refractivity contribution in [3.8, 4) is 5.75 Å². The molecule has 5 heteroatoms. The van der Waals surface area contributed by atoms with Crippen LogP contribution in [0, 0.1) is 5.92 Å². The zero-order chi connectivity index (χ0) is 18.5. The van der Waals surface area contributed by atoms with Crippen molar-refractivity contribution < 1.29 is 14.3 Å². The minimum atomic E-state index is -0.475. The topological polar surface area (TPSA) is 47.9 Å². The molecule has 0 N–H and O–H groups in total. The summed E-state index contributed by atoms with van der Waals surface area (Å²) < 4.78 is 10.9. The largest absolute Gasteiger partial charge is 0.494 e. The molecular formula is C21H20ClNO3. The molecule has 0 atom stereocenters. The van der Waals surface area contributed by atoms with E-state index in [4.69, 9.17) is 21.1 Å². The molecule has 0 radical (unpaired) electrons. The third-order valence-corrected chi connectivity index (χ3v) is 4.07. The molecule has 134 valence electrons. The van der Waals surface area contributed by atoms with Gasteiger partial charge in [0.2, 0.25) is 5.90 Å². The normalized spacial score (nSPS) is 15.3. The molecule has 4 nitrogen and oxygen atoms in total. The van der Waals surface area contributed by atoms with Gasteiger partial charge in [-0.25, -0.2) is 9.79 Å². The van der Waals surface area contributed by atoms with Crippen LogP contribution < -0.4 is 4.74 Å². The average molecular weight is 370 g/mol. The van der Waals surface area contributed by atoms with E-state index in [-0.39, 0.29) is 11.6 Å². The molecule has 1 aliphatic rings. The monoisotopic (exact) mass is 369 g/mol. The number of halogens is 1. The van der Waals surface area contributed by atoms with Crippen molar-refractivity contribution >= 4 is 29.5 Å². The minimum Gasteiger partial charge on any atom is -0.494 e. The second-order valence-electron chi connectivity index (χ2n) is 6.45. The summed E-state index contributed by atoms with van der Waals surface area (Å²) in [6, 6.07) is 14.6. The van der Waals surface area contributed by atoms with Gasteiger partial charge < -0.3 is 9.47 Å². The number of hydrogen-bond acceptors (Lipinski definition) is 4. The van der Waals surface area contributed by atoms with Crippen molar-refractivity contribution in [3.05, 3.63) is 70.4 Å². The van der Waals surface area contributed by atoms with E-state index in [0.29, 0.717) is 23.1 Å². The Hall–Kier alpha value is -2.59. The van der Waals surface area contributed by atoms with Crippen LogP contribution in [0.1, 0.15) is 31.4 Å². The predicted molar refractivity (Wildman–Crippen MR) is 103 cm³/mol. The van der Waals surface area contributed by atoms with E-state index in [1.165, 1.54) is 0 Å². The van der Waals surface area contributed by atoms with E-state index < -0.39 is 5.97 Å². The van der Waals surface area contributed by atoms with Crippen LogP contribution in [0.4, 0.5) is 0 Å². The summed E-state index contributed by atoms with van der Waals surface area (Å²) in [7, 11) is 0. The lowest BCUT2D eigenvalue weighted by Gasteiger charge is -2.08. The van der Waals surface area contributed by atoms with Gasteiger partial charge in [0, 0.05) is 10.6 Å². The highest BCUT2D eigenvalue weighted by atomic mass is 35.5. The second-order valence-corrected chi connectivity index (χ2v) is 6.88. The van der Waals surface area contributed by atoms with Crippen molar-refractivity contribution in [2.45, 2.75) is 20.3 Å². The highest BCUT2D eigenvalue weighted by molar-refractivity contribution is 6.31. The van der Waals surface area contributed by atoms with E-state index in [2.05, 4.69) is 18.8 Å². The number of aliphatic imine (C=N–C) groups is 1. The number of rotatable bonds is 6. The van der Waals surface area contributed by atoms with Crippen molar-refractivity contribution in [2.75, 3.05) is 6.61 Å². The van der Waals surface area contributed by atoms with Gasteiger partial charge in [-0.1, -0.05) is 43.6 Å². The predicted octanol–water partition coefficient (Wildman–Crippen LogP) is 5.11. The first kappa shape index (κ1) is 18.2. The molecule has 0 unspecified atom stereocenters.